The molecule has 0 aliphatic heterocycles. The second kappa shape index (κ2) is 5.38. The molecule has 0 bridgehead atoms. The Morgan fingerprint density at radius 2 is 2.00 bits per heavy atom. The van der Waals surface area contributed by atoms with E-state index in [0.717, 1.165) is 4.68 Å². The van der Waals surface area contributed by atoms with Gasteiger partial charge < -0.3 is 5.11 Å². The topological polar surface area (TPSA) is 70.9 Å². The van der Waals surface area contributed by atoms with Gasteiger partial charge in [0.15, 0.2) is 5.82 Å². The second-order valence-electron chi connectivity index (χ2n) is 4.06. The fraction of sp³-hybridized carbons (Fsp3) is 0. The Morgan fingerprint density at radius 1 is 1.24 bits per heavy atom. The van der Waals surface area contributed by atoms with E-state index in [1.807, 2.05) is 0 Å². The highest BCUT2D eigenvalue weighted by atomic mass is 35.5. The summed E-state index contributed by atoms with van der Waals surface area (Å²) < 4.78 is 1.44. The number of nitrogens with one attached hydrogen (secondary N) is 1. The number of aromatic hydroxyl groups is 1. The smallest absolute Gasteiger partial charge is 0.348 e. The number of thiophene rings is 1. The number of benzene rings is 1. The minimum absolute atomic E-state index is 0.109. The lowest BCUT2D eigenvalue weighted by molar-refractivity contribution is 0.470. The van der Waals surface area contributed by atoms with Crippen LogP contribution in [0.3, 0.4) is 0 Å². The van der Waals surface area contributed by atoms with Crippen LogP contribution in [-0.4, -0.2) is 19.9 Å². The first-order chi connectivity index (χ1) is 9.95. The Kier molecular flexibility index (Phi) is 3.71. The zero-order valence-corrected chi connectivity index (χ0v) is 13.2. The van der Waals surface area contributed by atoms with E-state index in [9.17, 15) is 9.90 Å². The Bertz CT molecular complexity index is 865. The number of halogens is 3. The van der Waals surface area contributed by atoms with Gasteiger partial charge in [-0.25, -0.2) is 4.79 Å². The summed E-state index contributed by atoms with van der Waals surface area (Å²) in [7, 11) is 0. The van der Waals surface area contributed by atoms with E-state index in [0.29, 0.717) is 25.1 Å². The highest BCUT2D eigenvalue weighted by Gasteiger charge is 2.15. The molecule has 0 radical (unpaired) electrons. The molecular formula is C12H6Cl3N3O2S. The van der Waals surface area contributed by atoms with E-state index in [1.165, 1.54) is 29.5 Å². The number of hydrogen-bond acceptors (Lipinski definition) is 4. The second-order valence-corrected chi connectivity index (χ2v) is 6.55. The summed E-state index contributed by atoms with van der Waals surface area (Å²) >= 11 is 18.8. The Hall–Kier alpha value is -1.47. The maximum atomic E-state index is 12.0. The largest absolute Gasteiger partial charge is 0.506 e. The third-order valence-corrected chi connectivity index (χ3v) is 4.77. The summed E-state index contributed by atoms with van der Waals surface area (Å²) in [5.74, 6) is 0.194. The van der Waals surface area contributed by atoms with Crippen LogP contribution in [0.25, 0.3) is 16.4 Å². The average molecular weight is 363 g/mol. The molecule has 0 aliphatic rings. The van der Waals surface area contributed by atoms with Crippen LogP contribution in [-0.2, 0) is 0 Å². The van der Waals surface area contributed by atoms with Crippen LogP contribution < -0.4 is 5.69 Å². The van der Waals surface area contributed by atoms with Gasteiger partial charge in [0.25, 0.3) is 0 Å². The lowest BCUT2D eigenvalue weighted by Crippen LogP contribution is -2.16. The number of phenolic OH excluding ortho intramolecular Hbond substituents is 1. The molecule has 3 aromatic rings. The first-order valence-electron chi connectivity index (χ1n) is 5.59. The summed E-state index contributed by atoms with van der Waals surface area (Å²) in [5, 5.41) is 14.7. The zero-order valence-electron chi connectivity index (χ0n) is 10.1. The van der Waals surface area contributed by atoms with E-state index >= 15 is 0 Å². The van der Waals surface area contributed by atoms with E-state index < -0.39 is 5.69 Å². The van der Waals surface area contributed by atoms with Crippen molar-refractivity contribution in [3.8, 4) is 22.1 Å². The minimum atomic E-state index is -0.511. The van der Waals surface area contributed by atoms with Crippen LogP contribution in [0.2, 0.25) is 14.4 Å². The molecule has 9 heteroatoms. The SMILES string of the molecule is O=c1[nH]c(-c2cc(Cl)c(Cl)s2)nn1-c1cc(Cl)ccc1O. The number of phenols is 1. The van der Waals surface area contributed by atoms with Gasteiger partial charge in [0.2, 0.25) is 0 Å². The molecule has 0 fully saturated rings. The van der Waals surface area contributed by atoms with Crippen molar-refractivity contribution in [3.05, 3.63) is 49.1 Å². The molecule has 108 valence electrons. The van der Waals surface area contributed by atoms with Crippen molar-refractivity contribution in [2.24, 2.45) is 0 Å². The Labute approximate surface area is 137 Å². The van der Waals surface area contributed by atoms with Crippen molar-refractivity contribution < 1.29 is 5.11 Å². The van der Waals surface area contributed by atoms with Crippen LogP contribution in [0.4, 0.5) is 0 Å². The summed E-state index contributed by atoms with van der Waals surface area (Å²) in [6.07, 6.45) is 0. The van der Waals surface area contributed by atoms with Crippen LogP contribution >= 0.6 is 46.1 Å². The van der Waals surface area contributed by atoms with Crippen LogP contribution in [0, 0.1) is 0 Å². The number of H-pyrrole nitrogens is 1. The molecular weight excluding hydrogens is 357 g/mol. The molecule has 2 N–H and O–H groups in total. The van der Waals surface area contributed by atoms with Gasteiger partial charge in [-0.05, 0) is 24.3 Å². The lowest BCUT2D eigenvalue weighted by atomic mass is 10.3. The first-order valence-corrected chi connectivity index (χ1v) is 7.54. The van der Waals surface area contributed by atoms with E-state index in [1.54, 1.807) is 6.07 Å². The van der Waals surface area contributed by atoms with E-state index in [4.69, 9.17) is 34.8 Å². The molecule has 1 aromatic carbocycles. The third-order valence-electron chi connectivity index (χ3n) is 2.66. The molecule has 2 aromatic heterocycles. The number of hydrogen-bond donors (Lipinski definition) is 2. The van der Waals surface area contributed by atoms with Crippen LogP contribution in [0.5, 0.6) is 5.75 Å². The molecule has 0 saturated heterocycles. The predicted molar refractivity (Wildman–Crippen MR) is 84.2 cm³/mol. The first kappa shape index (κ1) is 14.5. The fourth-order valence-corrected chi connectivity index (χ4v) is 3.20. The predicted octanol–water partition coefficient (Wildman–Crippen LogP) is 3.95. The van der Waals surface area contributed by atoms with Crippen molar-refractivity contribution in [1.82, 2.24) is 14.8 Å². The van der Waals surface area contributed by atoms with Crippen molar-refractivity contribution in [2.45, 2.75) is 0 Å². The number of rotatable bonds is 2. The van der Waals surface area contributed by atoms with Crippen molar-refractivity contribution in [1.29, 1.82) is 0 Å². The lowest BCUT2D eigenvalue weighted by Gasteiger charge is -2.02. The van der Waals surface area contributed by atoms with Crippen molar-refractivity contribution in [2.75, 3.05) is 0 Å². The molecule has 0 aliphatic carbocycles. The molecule has 0 spiro atoms. The maximum Gasteiger partial charge on any atom is 0.348 e. The number of aromatic amines is 1. The highest BCUT2D eigenvalue weighted by Crippen LogP contribution is 2.36. The van der Waals surface area contributed by atoms with Gasteiger partial charge in [0, 0.05) is 5.02 Å². The summed E-state index contributed by atoms with van der Waals surface area (Å²) in [4.78, 5) is 15.2. The third kappa shape index (κ3) is 2.67. The van der Waals surface area contributed by atoms with Gasteiger partial charge in [-0.15, -0.1) is 16.4 Å². The Balaban J connectivity index is 2.14. The average Bonchev–Trinajstić information content (AvgIpc) is 2.97. The molecule has 21 heavy (non-hydrogen) atoms. The molecule has 0 saturated carbocycles. The molecule has 0 unspecified atom stereocenters. The quantitative estimate of drug-likeness (QED) is 0.725. The van der Waals surface area contributed by atoms with Crippen LogP contribution in [0.1, 0.15) is 0 Å². The van der Waals surface area contributed by atoms with Crippen molar-refractivity contribution in [3.63, 3.8) is 0 Å². The summed E-state index contributed by atoms with van der Waals surface area (Å²) in [5.41, 5.74) is -0.327. The van der Waals surface area contributed by atoms with Crippen molar-refractivity contribution >= 4 is 46.1 Å². The van der Waals surface area contributed by atoms with E-state index in [-0.39, 0.29) is 11.4 Å². The normalized spacial score (nSPS) is 11.0. The monoisotopic (exact) mass is 361 g/mol. The summed E-state index contributed by atoms with van der Waals surface area (Å²) in [6, 6.07) is 5.95. The van der Waals surface area contributed by atoms with Crippen LogP contribution in [0.15, 0.2) is 29.1 Å². The van der Waals surface area contributed by atoms with Gasteiger partial charge in [-0.2, -0.15) is 4.68 Å². The molecule has 0 amide bonds. The van der Waals surface area contributed by atoms with Gasteiger partial charge in [-0.1, -0.05) is 34.8 Å². The molecule has 5 nitrogen and oxygen atoms in total. The number of nitrogens with zero attached hydrogens (tertiary/aromatic N) is 2. The van der Waals surface area contributed by atoms with E-state index in [2.05, 4.69) is 10.1 Å². The zero-order chi connectivity index (χ0) is 15.1. The van der Waals surface area contributed by atoms with Gasteiger partial charge in [0.1, 0.15) is 15.8 Å². The summed E-state index contributed by atoms with van der Waals surface area (Å²) in [6.45, 7) is 0. The maximum absolute atomic E-state index is 12.0. The van der Waals surface area contributed by atoms with Gasteiger partial charge in [-0.3, -0.25) is 4.98 Å². The van der Waals surface area contributed by atoms with Gasteiger partial charge in [0.05, 0.1) is 9.90 Å². The standard InChI is InChI=1S/C12H6Cl3N3O2S/c13-5-1-2-8(19)7(3-5)18-12(20)16-11(17-18)9-4-6(14)10(15)21-9/h1-4,19H,(H,16,17,20). The molecule has 0 atom stereocenters. The molecule has 3 rings (SSSR count). The highest BCUT2D eigenvalue weighted by molar-refractivity contribution is 7.20. The Morgan fingerprint density at radius 3 is 2.67 bits per heavy atom. The fourth-order valence-electron chi connectivity index (χ4n) is 1.73. The number of aromatic nitrogens is 3. The minimum Gasteiger partial charge on any atom is -0.506 e. The van der Waals surface area contributed by atoms with Gasteiger partial charge >= 0.3 is 5.69 Å². The molecule has 2 heterocycles.